The summed E-state index contributed by atoms with van der Waals surface area (Å²) in [7, 11) is 1.60. The molecule has 0 bridgehead atoms. The number of halogens is 2. The van der Waals surface area contributed by atoms with Crippen LogP contribution in [0, 0.1) is 5.82 Å². The van der Waals surface area contributed by atoms with Crippen molar-refractivity contribution < 1.29 is 18.7 Å². The highest BCUT2D eigenvalue weighted by Crippen LogP contribution is 2.23. The fourth-order valence-electron chi connectivity index (χ4n) is 2.75. The van der Waals surface area contributed by atoms with Gasteiger partial charge in [0.25, 0.3) is 0 Å². The lowest BCUT2D eigenvalue weighted by Gasteiger charge is -2.35. The van der Waals surface area contributed by atoms with Gasteiger partial charge in [-0.25, -0.2) is 4.39 Å². The second-order valence-corrected chi connectivity index (χ2v) is 6.29. The van der Waals surface area contributed by atoms with E-state index in [9.17, 15) is 14.0 Å². The van der Waals surface area contributed by atoms with Crippen molar-refractivity contribution in [2.45, 2.75) is 25.4 Å². The first-order chi connectivity index (χ1) is 12.0. The number of methoxy groups -OCH3 is 1. The molecule has 0 aromatic heterocycles. The molecule has 1 aliphatic heterocycles. The van der Waals surface area contributed by atoms with Crippen molar-refractivity contribution in [1.29, 1.82) is 0 Å². The summed E-state index contributed by atoms with van der Waals surface area (Å²) in [6.07, 6.45) is 0.721. The monoisotopic (exact) mass is 371 g/mol. The van der Waals surface area contributed by atoms with E-state index in [1.54, 1.807) is 18.1 Å². The number of amides is 2. The van der Waals surface area contributed by atoms with Gasteiger partial charge in [0.1, 0.15) is 5.82 Å². The van der Waals surface area contributed by atoms with Gasteiger partial charge in [-0.15, -0.1) is 0 Å². The van der Waals surface area contributed by atoms with E-state index in [-0.39, 0.29) is 24.8 Å². The zero-order valence-electron chi connectivity index (χ0n) is 14.2. The van der Waals surface area contributed by atoms with Crippen molar-refractivity contribution in [3.63, 3.8) is 0 Å². The van der Waals surface area contributed by atoms with Crippen molar-refractivity contribution >= 4 is 23.4 Å². The molecule has 0 saturated carbocycles. The molecule has 8 heteroatoms. The van der Waals surface area contributed by atoms with E-state index in [0.717, 1.165) is 0 Å². The summed E-state index contributed by atoms with van der Waals surface area (Å²) < 4.78 is 19.0. The lowest BCUT2D eigenvalue weighted by Crippen LogP contribution is -2.56. The smallest absolute Gasteiger partial charge is 0.237 e. The van der Waals surface area contributed by atoms with Gasteiger partial charge in [0.15, 0.2) is 0 Å². The number of nitrogens with one attached hydrogen (secondary N) is 2. The van der Waals surface area contributed by atoms with E-state index in [2.05, 4.69) is 10.6 Å². The molecule has 1 atom stereocenters. The molecule has 1 fully saturated rings. The lowest BCUT2D eigenvalue weighted by atomic mass is 10.1. The van der Waals surface area contributed by atoms with Crippen LogP contribution in [0.5, 0.6) is 0 Å². The van der Waals surface area contributed by atoms with Gasteiger partial charge < -0.3 is 15.4 Å². The van der Waals surface area contributed by atoms with E-state index in [4.69, 9.17) is 16.3 Å². The Morgan fingerprint density at radius 2 is 2.32 bits per heavy atom. The van der Waals surface area contributed by atoms with Crippen LogP contribution in [-0.2, 0) is 20.9 Å². The second kappa shape index (κ2) is 9.70. The van der Waals surface area contributed by atoms with Gasteiger partial charge in [0.2, 0.25) is 11.8 Å². The van der Waals surface area contributed by atoms with Crippen LogP contribution < -0.4 is 10.6 Å². The Labute approximate surface area is 151 Å². The summed E-state index contributed by atoms with van der Waals surface area (Å²) in [4.78, 5) is 26.1. The van der Waals surface area contributed by atoms with Crippen LogP contribution in [0.15, 0.2) is 18.2 Å². The van der Waals surface area contributed by atoms with Crippen molar-refractivity contribution in [1.82, 2.24) is 15.5 Å². The van der Waals surface area contributed by atoms with Gasteiger partial charge in [-0.1, -0.05) is 17.7 Å². The molecule has 1 unspecified atom stereocenters. The predicted octanol–water partition coefficient (Wildman–Crippen LogP) is 1.32. The summed E-state index contributed by atoms with van der Waals surface area (Å²) in [5.74, 6) is -0.866. The van der Waals surface area contributed by atoms with Crippen LogP contribution in [-0.4, -0.2) is 56.1 Å². The SMILES string of the molecule is COCCCNC(=O)CC1C(=O)NCCN1Cc1c(F)cccc1Cl. The highest BCUT2D eigenvalue weighted by atomic mass is 35.5. The molecule has 2 rings (SSSR count). The minimum atomic E-state index is -0.646. The number of carbonyl (C=O) groups is 2. The Morgan fingerprint density at radius 3 is 3.04 bits per heavy atom. The molecule has 138 valence electrons. The summed E-state index contributed by atoms with van der Waals surface area (Å²) in [5.41, 5.74) is 0.337. The number of benzene rings is 1. The fraction of sp³-hybridized carbons (Fsp3) is 0.529. The summed E-state index contributed by atoms with van der Waals surface area (Å²) in [6.45, 7) is 2.21. The predicted molar refractivity (Wildman–Crippen MR) is 92.7 cm³/mol. The largest absolute Gasteiger partial charge is 0.385 e. The molecule has 25 heavy (non-hydrogen) atoms. The van der Waals surface area contributed by atoms with Gasteiger partial charge in [0, 0.05) is 50.5 Å². The first-order valence-corrected chi connectivity index (χ1v) is 8.61. The Kier molecular flexibility index (Phi) is 7.61. The molecule has 1 heterocycles. The molecule has 2 amide bonds. The highest BCUT2D eigenvalue weighted by molar-refractivity contribution is 6.31. The molecule has 1 saturated heterocycles. The summed E-state index contributed by atoms with van der Waals surface area (Å²) in [6, 6.07) is 3.84. The van der Waals surface area contributed by atoms with Crippen molar-refractivity contribution in [2.75, 3.05) is 33.4 Å². The standard InChI is InChI=1S/C17H23ClFN3O3/c1-25-9-3-6-20-16(23)10-15-17(24)21-7-8-22(15)11-12-13(18)4-2-5-14(12)19/h2,4-5,15H,3,6-11H2,1H3,(H,20,23)(H,21,24). The Morgan fingerprint density at radius 1 is 1.52 bits per heavy atom. The molecule has 0 spiro atoms. The first-order valence-electron chi connectivity index (χ1n) is 8.23. The zero-order chi connectivity index (χ0) is 18.2. The molecule has 1 aromatic rings. The maximum absolute atomic E-state index is 14.0. The van der Waals surface area contributed by atoms with Crippen LogP contribution in [0.1, 0.15) is 18.4 Å². The normalized spacial score (nSPS) is 18.0. The second-order valence-electron chi connectivity index (χ2n) is 5.88. The average molecular weight is 372 g/mol. The first kappa shape index (κ1) is 19.6. The third kappa shape index (κ3) is 5.66. The van der Waals surface area contributed by atoms with Crippen LogP contribution in [0.2, 0.25) is 5.02 Å². The number of hydrogen-bond acceptors (Lipinski definition) is 4. The van der Waals surface area contributed by atoms with E-state index < -0.39 is 11.9 Å². The van der Waals surface area contributed by atoms with E-state index in [0.29, 0.717) is 43.2 Å². The number of hydrogen-bond donors (Lipinski definition) is 2. The number of nitrogens with zero attached hydrogens (tertiary/aromatic N) is 1. The summed E-state index contributed by atoms with van der Waals surface area (Å²) >= 11 is 6.08. The molecule has 1 aliphatic rings. The minimum absolute atomic E-state index is 0.0187. The Balaban J connectivity index is 2.00. The Bertz CT molecular complexity index is 595. The molecular weight excluding hydrogens is 349 g/mol. The topological polar surface area (TPSA) is 70.7 Å². The average Bonchev–Trinajstić information content (AvgIpc) is 2.58. The van der Waals surface area contributed by atoms with Gasteiger partial charge in [-0.3, -0.25) is 14.5 Å². The molecule has 0 radical (unpaired) electrons. The quantitative estimate of drug-likeness (QED) is 0.676. The summed E-state index contributed by atoms with van der Waals surface area (Å²) in [5, 5.41) is 5.83. The molecular formula is C17H23ClFN3O3. The van der Waals surface area contributed by atoms with Crippen molar-refractivity contribution in [3.05, 3.63) is 34.6 Å². The van der Waals surface area contributed by atoms with Crippen LogP contribution in [0.3, 0.4) is 0 Å². The highest BCUT2D eigenvalue weighted by Gasteiger charge is 2.32. The number of piperazine rings is 1. The van der Waals surface area contributed by atoms with E-state index in [1.807, 2.05) is 0 Å². The Hall–Kier alpha value is -1.70. The number of ether oxygens (including phenoxy) is 1. The van der Waals surface area contributed by atoms with Gasteiger partial charge in [-0.05, 0) is 18.6 Å². The lowest BCUT2D eigenvalue weighted by molar-refractivity contribution is -0.134. The van der Waals surface area contributed by atoms with Crippen molar-refractivity contribution in [3.8, 4) is 0 Å². The third-order valence-corrected chi connectivity index (χ3v) is 4.44. The van der Waals surface area contributed by atoms with E-state index >= 15 is 0 Å². The van der Waals surface area contributed by atoms with E-state index in [1.165, 1.54) is 12.1 Å². The minimum Gasteiger partial charge on any atom is -0.385 e. The maximum Gasteiger partial charge on any atom is 0.237 e. The molecule has 1 aromatic carbocycles. The number of carbonyl (C=O) groups excluding carboxylic acids is 2. The molecule has 6 nitrogen and oxygen atoms in total. The fourth-order valence-corrected chi connectivity index (χ4v) is 2.97. The van der Waals surface area contributed by atoms with Crippen LogP contribution >= 0.6 is 11.6 Å². The van der Waals surface area contributed by atoms with Gasteiger partial charge >= 0.3 is 0 Å². The molecule has 0 aliphatic carbocycles. The number of rotatable bonds is 8. The third-order valence-electron chi connectivity index (χ3n) is 4.09. The molecule has 2 N–H and O–H groups in total. The zero-order valence-corrected chi connectivity index (χ0v) is 14.9. The van der Waals surface area contributed by atoms with Gasteiger partial charge in [-0.2, -0.15) is 0 Å². The van der Waals surface area contributed by atoms with Crippen LogP contribution in [0.4, 0.5) is 4.39 Å². The van der Waals surface area contributed by atoms with Crippen molar-refractivity contribution in [2.24, 2.45) is 0 Å². The maximum atomic E-state index is 14.0. The van der Waals surface area contributed by atoms with Crippen LogP contribution in [0.25, 0.3) is 0 Å². The van der Waals surface area contributed by atoms with Gasteiger partial charge in [0.05, 0.1) is 12.5 Å².